The van der Waals surface area contributed by atoms with Gasteiger partial charge < -0.3 is 9.29 Å². The van der Waals surface area contributed by atoms with Gasteiger partial charge in [0, 0.05) is 5.39 Å². The summed E-state index contributed by atoms with van der Waals surface area (Å²) in [4.78, 5) is -1.31. The first kappa shape index (κ1) is 37.9. The lowest BCUT2D eigenvalue weighted by molar-refractivity contribution is 0.472. The van der Waals surface area contributed by atoms with E-state index in [0.29, 0.717) is 22.6 Å². The van der Waals surface area contributed by atoms with E-state index < -0.39 is 51.6 Å². The Kier molecular flexibility index (Phi) is 10.2. The van der Waals surface area contributed by atoms with Crippen LogP contribution in [-0.2, 0) is 30.4 Å². The van der Waals surface area contributed by atoms with Crippen LogP contribution in [0.3, 0.4) is 0 Å². The van der Waals surface area contributed by atoms with Gasteiger partial charge in [-0.05, 0) is 133 Å². The van der Waals surface area contributed by atoms with Crippen molar-refractivity contribution in [3.8, 4) is 22.6 Å². The quantitative estimate of drug-likeness (QED) is 0.0678. The maximum Gasteiger partial charge on any atom is 0.339 e. The lowest BCUT2D eigenvalue weighted by Crippen LogP contribution is -2.09. The van der Waals surface area contributed by atoms with Crippen molar-refractivity contribution in [2.75, 3.05) is 0 Å². The fourth-order valence-corrected chi connectivity index (χ4v) is 7.45. The highest BCUT2D eigenvalue weighted by Gasteiger charge is 2.23. The van der Waals surface area contributed by atoms with Crippen LogP contribution < -0.4 is 4.18 Å². The summed E-state index contributed by atoms with van der Waals surface area (Å²) in [7, 11) is -13.6. The van der Waals surface area contributed by atoms with Crippen LogP contribution in [0.15, 0.2) is 144 Å². The van der Waals surface area contributed by atoms with Crippen molar-refractivity contribution in [2.24, 2.45) is 20.5 Å². The predicted molar refractivity (Wildman–Crippen MR) is 200 cm³/mol. The standard InChI is InChI=1S/C37H30N4O10S3/c1-22-4-12-30(13-5-22)54(49,50)51-29-10-8-28(9-11-29)38-39-33-16-6-25(18-23(33)2)26-7-17-34(24(3)19-26)40-41-36-35(53(46,47)48)21-27-20-31(52(43,44)45)14-15-32(27)37(36)42/h4-21,42H,1-3H3,(H,43,44,45)(H,46,47,48). The number of benzene rings is 6. The number of rotatable bonds is 10. The molecule has 0 saturated heterocycles. The Morgan fingerprint density at radius 3 is 1.65 bits per heavy atom. The fourth-order valence-electron chi connectivity index (χ4n) is 5.34. The van der Waals surface area contributed by atoms with Crippen LogP contribution in [0.25, 0.3) is 21.9 Å². The van der Waals surface area contributed by atoms with E-state index in [4.69, 9.17) is 4.18 Å². The molecule has 6 rings (SSSR count). The van der Waals surface area contributed by atoms with E-state index in [2.05, 4.69) is 20.5 Å². The molecule has 0 spiro atoms. The first-order valence-corrected chi connectivity index (χ1v) is 20.1. The molecule has 6 aromatic carbocycles. The Balaban J connectivity index is 1.19. The lowest BCUT2D eigenvalue weighted by atomic mass is 10.0. The highest BCUT2D eigenvalue weighted by atomic mass is 32.2. The first-order chi connectivity index (χ1) is 25.4. The Labute approximate surface area is 310 Å². The number of hydrogen-bond donors (Lipinski definition) is 3. The van der Waals surface area contributed by atoms with E-state index in [1.165, 1.54) is 24.3 Å². The minimum absolute atomic E-state index is 0.00359. The number of aromatic hydroxyl groups is 1. The fraction of sp³-hybridized carbons (Fsp3) is 0.0811. The molecular formula is C37H30N4O10S3. The predicted octanol–water partition coefficient (Wildman–Crippen LogP) is 9.23. The monoisotopic (exact) mass is 786 g/mol. The molecule has 17 heteroatoms. The molecular weight excluding hydrogens is 757 g/mol. The number of fused-ring (bicyclic) bond motifs is 1. The highest BCUT2D eigenvalue weighted by Crippen LogP contribution is 2.42. The zero-order valence-electron chi connectivity index (χ0n) is 28.6. The second kappa shape index (κ2) is 14.5. The molecule has 3 N–H and O–H groups in total. The molecule has 0 atom stereocenters. The largest absolute Gasteiger partial charge is 0.505 e. The van der Waals surface area contributed by atoms with Gasteiger partial charge in [-0.25, -0.2) is 0 Å². The van der Waals surface area contributed by atoms with Crippen LogP contribution in [0.5, 0.6) is 11.5 Å². The summed E-state index contributed by atoms with van der Waals surface area (Å²) >= 11 is 0. The molecule has 6 aromatic rings. The van der Waals surface area contributed by atoms with E-state index in [1.807, 2.05) is 32.0 Å². The van der Waals surface area contributed by atoms with Gasteiger partial charge in [0.1, 0.15) is 21.2 Å². The third-order valence-corrected chi connectivity index (χ3v) is 11.2. The Hall–Kier alpha value is -5.85. The second-order valence-electron chi connectivity index (χ2n) is 12.2. The van der Waals surface area contributed by atoms with Crippen molar-refractivity contribution in [3.63, 3.8) is 0 Å². The minimum atomic E-state index is -4.96. The number of nitrogens with zero attached hydrogens (tertiary/aromatic N) is 4. The molecule has 0 saturated carbocycles. The molecule has 0 fully saturated rings. The van der Waals surface area contributed by atoms with Gasteiger partial charge in [0.15, 0.2) is 5.75 Å². The Bertz CT molecular complexity index is 2840. The SMILES string of the molecule is Cc1ccc(S(=O)(=O)Oc2ccc(N=Nc3ccc(-c4ccc(N=Nc5c(S(=O)(=O)O)cc6cc(S(=O)(=O)O)ccc6c5O)c(C)c4)cc3C)cc2)cc1. The van der Waals surface area contributed by atoms with Gasteiger partial charge in [0.25, 0.3) is 20.2 Å². The lowest BCUT2D eigenvalue weighted by Gasteiger charge is -2.10. The molecule has 0 aliphatic heterocycles. The molecule has 0 amide bonds. The summed E-state index contributed by atoms with van der Waals surface area (Å²) < 4.78 is 97.2. The number of hydrogen-bond acceptors (Lipinski definition) is 12. The van der Waals surface area contributed by atoms with Crippen molar-refractivity contribution < 1.29 is 43.6 Å². The van der Waals surface area contributed by atoms with Crippen molar-refractivity contribution in [3.05, 3.63) is 126 Å². The smallest absolute Gasteiger partial charge is 0.339 e. The average molecular weight is 787 g/mol. The number of aryl methyl sites for hydroxylation is 3. The van der Waals surface area contributed by atoms with E-state index in [-0.39, 0.29) is 21.4 Å². The van der Waals surface area contributed by atoms with Crippen molar-refractivity contribution in [1.29, 1.82) is 0 Å². The summed E-state index contributed by atoms with van der Waals surface area (Å²) in [6, 6.07) is 27.3. The molecule has 0 bridgehead atoms. The Morgan fingerprint density at radius 1 is 0.556 bits per heavy atom. The van der Waals surface area contributed by atoms with Crippen molar-refractivity contribution >= 4 is 63.9 Å². The summed E-state index contributed by atoms with van der Waals surface area (Å²) in [5, 5.41) is 27.5. The third-order valence-electron chi connectivity index (χ3n) is 8.21. The van der Waals surface area contributed by atoms with Gasteiger partial charge in [-0.15, -0.1) is 5.11 Å². The van der Waals surface area contributed by atoms with E-state index in [1.54, 1.807) is 49.4 Å². The Morgan fingerprint density at radius 2 is 1.11 bits per heavy atom. The molecule has 0 heterocycles. The zero-order valence-corrected chi connectivity index (χ0v) is 31.1. The average Bonchev–Trinajstić information content (AvgIpc) is 3.10. The van der Waals surface area contributed by atoms with Crippen LogP contribution >= 0.6 is 0 Å². The molecule has 0 aliphatic rings. The van der Waals surface area contributed by atoms with Crippen LogP contribution in [0, 0.1) is 20.8 Å². The van der Waals surface area contributed by atoms with Crippen LogP contribution in [0.1, 0.15) is 16.7 Å². The van der Waals surface area contributed by atoms with Crippen LogP contribution in [0.4, 0.5) is 22.7 Å². The molecule has 276 valence electrons. The number of azo groups is 2. The van der Waals surface area contributed by atoms with E-state index in [9.17, 15) is 39.5 Å². The topological polar surface area (TPSA) is 222 Å². The van der Waals surface area contributed by atoms with Crippen molar-refractivity contribution in [1.82, 2.24) is 0 Å². The maximum absolute atomic E-state index is 12.6. The molecule has 0 radical (unpaired) electrons. The van der Waals surface area contributed by atoms with Gasteiger partial charge in [-0.1, -0.05) is 29.8 Å². The summed E-state index contributed by atoms with van der Waals surface area (Å²) in [5.41, 5.74) is 4.88. The first-order valence-electron chi connectivity index (χ1n) is 15.8. The normalized spacial score (nSPS) is 12.5. The summed E-state index contributed by atoms with van der Waals surface area (Å²) in [5.74, 6) is -0.546. The third kappa shape index (κ3) is 8.35. The van der Waals surface area contributed by atoms with E-state index in [0.717, 1.165) is 46.5 Å². The molecule has 0 unspecified atom stereocenters. The molecule has 54 heavy (non-hydrogen) atoms. The highest BCUT2D eigenvalue weighted by molar-refractivity contribution is 7.87. The van der Waals surface area contributed by atoms with E-state index >= 15 is 0 Å². The maximum atomic E-state index is 12.6. The second-order valence-corrected chi connectivity index (χ2v) is 16.5. The minimum Gasteiger partial charge on any atom is -0.505 e. The van der Waals surface area contributed by atoms with Gasteiger partial charge >= 0.3 is 10.1 Å². The number of phenolic OH excluding ortho intramolecular Hbond substituents is 1. The molecule has 0 aromatic heterocycles. The zero-order chi connectivity index (χ0) is 39.0. The number of phenols is 1. The summed E-state index contributed by atoms with van der Waals surface area (Å²) in [6.07, 6.45) is 0. The van der Waals surface area contributed by atoms with Crippen molar-refractivity contribution in [2.45, 2.75) is 35.5 Å². The van der Waals surface area contributed by atoms with Crippen LogP contribution in [0.2, 0.25) is 0 Å². The van der Waals surface area contributed by atoms with Gasteiger partial charge in [0.05, 0.1) is 22.0 Å². The van der Waals surface area contributed by atoms with Crippen LogP contribution in [-0.4, -0.2) is 39.5 Å². The van der Waals surface area contributed by atoms with Gasteiger partial charge in [-0.3, -0.25) is 9.11 Å². The molecule has 0 aliphatic carbocycles. The van der Waals surface area contributed by atoms with Gasteiger partial charge in [0.2, 0.25) is 0 Å². The summed E-state index contributed by atoms with van der Waals surface area (Å²) in [6.45, 7) is 5.48. The molecule has 14 nitrogen and oxygen atoms in total. The van der Waals surface area contributed by atoms with Gasteiger partial charge in [-0.2, -0.15) is 40.6 Å².